The molecule has 4 rings (SSSR count). The van der Waals surface area contributed by atoms with Gasteiger partial charge in [-0.05, 0) is 62.7 Å². The van der Waals surface area contributed by atoms with Gasteiger partial charge in [0, 0.05) is 11.6 Å². The van der Waals surface area contributed by atoms with Gasteiger partial charge in [0.15, 0.2) is 0 Å². The molecular weight excluding hydrogens is 346 g/mol. The van der Waals surface area contributed by atoms with Crippen LogP contribution in [0.15, 0.2) is 65.7 Å². The minimum Gasteiger partial charge on any atom is -0.306 e. The molecule has 1 aromatic heterocycles. The second-order valence-electron chi connectivity index (χ2n) is 6.96. The number of likely N-dealkylation sites (tertiary alicyclic amines) is 1. The zero-order valence-electron chi connectivity index (χ0n) is 14.8. The van der Waals surface area contributed by atoms with Crippen LogP contribution in [0.25, 0.3) is 10.9 Å². The highest BCUT2D eigenvalue weighted by Crippen LogP contribution is 2.34. The second-order valence-corrected chi connectivity index (χ2v) is 8.62. The maximum atomic E-state index is 12.7. The van der Waals surface area contributed by atoms with E-state index in [4.69, 9.17) is 0 Å². The number of piperidine rings is 1. The molecule has 0 spiro atoms. The number of benzene rings is 2. The van der Waals surface area contributed by atoms with Crippen molar-refractivity contribution in [1.29, 1.82) is 0 Å². The molecule has 3 aromatic rings. The lowest BCUT2D eigenvalue weighted by Crippen LogP contribution is -2.29. The number of hydrogen-bond acceptors (Lipinski definition) is 3. The minimum absolute atomic E-state index is 0.263. The Morgan fingerprint density at radius 2 is 1.62 bits per heavy atom. The van der Waals surface area contributed by atoms with Crippen molar-refractivity contribution in [3.63, 3.8) is 0 Å². The Hall–Kier alpha value is -2.31. The van der Waals surface area contributed by atoms with E-state index in [1.807, 2.05) is 30.5 Å². The SMILES string of the molecule is CN1CCC(c2cn(NS(=O)(=O)c3ccccc3)c3ccccc23)CC1. The van der Waals surface area contributed by atoms with E-state index in [0.29, 0.717) is 5.92 Å². The van der Waals surface area contributed by atoms with E-state index < -0.39 is 10.0 Å². The van der Waals surface area contributed by atoms with Gasteiger partial charge in [0.2, 0.25) is 0 Å². The highest BCUT2D eigenvalue weighted by atomic mass is 32.2. The molecule has 5 nitrogen and oxygen atoms in total. The van der Waals surface area contributed by atoms with Crippen molar-refractivity contribution in [2.24, 2.45) is 0 Å². The number of sulfonamides is 1. The molecule has 1 N–H and O–H groups in total. The average molecular weight is 369 g/mol. The van der Waals surface area contributed by atoms with Crippen LogP contribution >= 0.6 is 0 Å². The van der Waals surface area contributed by atoms with Gasteiger partial charge < -0.3 is 4.90 Å². The largest absolute Gasteiger partial charge is 0.306 e. The molecule has 6 heteroatoms. The predicted molar refractivity (Wildman–Crippen MR) is 104 cm³/mol. The van der Waals surface area contributed by atoms with Crippen molar-refractivity contribution < 1.29 is 8.42 Å². The van der Waals surface area contributed by atoms with Crippen molar-refractivity contribution in [1.82, 2.24) is 9.58 Å². The summed E-state index contributed by atoms with van der Waals surface area (Å²) in [6.45, 7) is 2.14. The molecule has 26 heavy (non-hydrogen) atoms. The van der Waals surface area contributed by atoms with E-state index in [1.165, 1.54) is 5.56 Å². The summed E-state index contributed by atoms with van der Waals surface area (Å²) in [6.07, 6.45) is 4.15. The first-order valence-corrected chi connectivity index (χ1v) is 10.4. The number of hydrogen-bond donors (Lipinski definition) is 1. The van der Waals surface area contributed by atoms with Crippen LogP contribution in [0.5, 0.6) is 0 Å². The molecule has 136 valence electrons. The standard InChI is InChI=1S/C20H23N3O2S/c1-22-13-11-16(12-14-22)19-15-23(20-10-6-5-9-18(19)20)21-26(24,25)17-7-3-2-4-8-17/h2-10,15-16,21H,11-14H2,1H3. The number of fused-ring (bicyclic) bond motifs is 1. The Labute approximate surface area is 154 Å². The van der Waals surface area contributed by atoms with Crippen molar-refractivity contribution in [3.05, 3.63) is 66.4 Å². The molecule has 0 atom stereocenters. The van der Waals surface area contributed by atoms with Crippen molar-refractivity contribution in [3.8, 4) is 0 Å². The van der Waals surface area contributed by atoms with Crippen molar-refractivity contribution in [2.75, 3.05) is 25.0 Å². The maximum Gasteiger partial charge on any atom is 0.275 e. The summed E-state index contributed by atoms with van der Waals surface area (Å²) in [6, 6.07) is 16.5. The molecule has 0 bridgehead atoms. The quantitative estimate of drug-likeness (QED) is 0.767. The summed E-state index contributed by atoms with van der Waals surface area (Å²) in [5.41, 5.74) is 2.12. The molecule has 0 saturated carbocycles. The van der Waals surface area contributed by atoms with Gasteiger partial charge in [-0.2, -0.15) is 8.42 Å². The van der Waals surface area contributed by atoms with Crippen LogP contribution in [-0.4, -0.2) is 38.1 Å². The number of aromatic nitrogens is 1. The monoisotopic (exact) mass is 369 g/mol. The lowest BCUT2D eigenvalue weighted by molar-refractivity contribution is 0.256. The Balaban J connectivity index is 1.72. The topological polar surface area (TPSA) is 54.3 Å². The molecule has 0 radical (unpaired) electrons. The minimum atomic E-state index is -3.63. The van der Waals surface area contributed by atoms with Gasteiger partial charge in [0.05, 0.1) is 10.4 Å². The Morgan fingerprint density at radius 3 is 2.35 bits per heavy atom. The molecule has 1 aliphatic rings. The number of nitrogens with one attached hydrogen (secondary N) is 1. The smallest absolute Gasteiger partial charge is 0.275 e. The van der Waals surface area contributed by atoms with Gasteiger partial charge in [-0.25, -0.2) is 4.83 Å². The third-order valence-corrected chi connectivity index (χ3v) is 6.50. The molecule has 1 saturated heterocycles. The van der Waals surface area contributed by atoms with Crippen molar-refractivity contribution in [2.45, 2.75) is 23.7 Å². The van der Waals surface area contributed by atoms with E-state index in [-0.39, 0.29) is 4.90 Å². The highest BCUT2D eigenvalue weighted by molar-refractivity contribution is 7.92. The maximum absolute atomic E-state index is 12.7. The van der Waals surface area contributed by atoms with E-state index in [9.17, 15) is 8.42 Å². The Kier molecular flexibility index (Phi) is 4.46. The second kappa shape index (κ2) is 6.78. The van der Waals surface area contributed by atoms with Crippen LogP contribution in [0.1, 0.15) is 24.3 Å². The molecule has 2 heterocycles. The van der Waals surface area contributed by atoms with Gasteiger partial charge in [0.1, 0.15) is 0 Å². The molecule has 0 aliphatic carbocycles. The molecular formula is C20H23N3O2S. The first-order valence-electron chi connectivity index (χ1n) is 8.91. The first kappa shape index (κ1) is 17.1. The van der Waals surface area contributed by atoms with Crippen LogP contribution in [0.4, 0.5) is 0 Å². The molecule has 1 fully saturated rings. The highest BCUT2D eigenvalue weighted by Gasteiger charge is 2.23. The summed E-state index contributed by atoms with van der Waals surface area (Å²) >= 11 is 0. The fourth-order valence-corrected chi connectivity index (χ4v) is 4.74. The van der Waals surface area contributed by atoms with E-state index in [2.05, 4.69) is 22.8 Å². The number of nitrogens with zero attached hydrogens (tertiary/aromatic N) is 2. The van der Waals surface area contributed by atoms with Crippen LogP contribution in [0.3, 0.4) is 0 Å². The summed E-state index contributed by atoms with van der Waals surface area (Å²) < 4.78 is 27.1. The lowest BCUT2D eigenvalue weighted by atomic mass is 9.89. The van der Waals surface area contributed by atoms with E-state index >= 15 is 0 Å². The van der Waals surface area contributed by atoms with Crippen LogP contribution < -0.4 is 4.83 Å². The van der Waals surface area contributed by atoms with Gasteiger partial charge in [0.25, 0.3) is 10.0 Å². The fourth-order valence-electron chi connectivity index (χ4n) is 3.71. The van der Waals surface area contributed by atoms with Gasteiger partial charge in [-0.1, -0.05) is 36.4 Å². The summed E-state index contributed by atoms with van der Waals surface area (Å²) in [7, 11) is -1.48. The third-order valence-electron chi connectivity index (χ3n) is 5.17. The summed E-state index contributed by atoms with van der Waals surface area (Å²) in [5.74, 6) is 0.457. The first-order chi connectivity index (χ1) is 12.5. The normalized spacial score (nSPS) is 16.8. The van der Waals surface area contributed by atoms with E-state index in [1.54, 1.807) is 28.9 Å². The fraction of sp³-hybridized carbons (Fsp3) is 0.300. The Bertz CT molecular complexity index is 1000. The number of para-hydroxylation sites is 1. The van der Waals surface area contributed by atoms with Crippen LogP contribution in [0, 0.1) is 0 Å². The Morgan fingerprint density at radius 1 is 0.962 bits per heavy atom. The summed E-state index contributed by atoms with van der Waals surface area (Å²) in [5, 5.41) is 1.12. The zero-order valence-corrected chi connectivity index (χ0v) is 15.6. The lowest BCUT2D eigenvalue weighted by Gasteiger charge is -2.28. The predicted octanol–water partition coefficient (Wildman–Crippen LogP) is 3.38. The van der Waals surface area contributed by atoms with Gasteiger partial charge >= 0.3 is 0 Å². The molecule has 0 amide bonds. The summed E-state index contributed by atoms with van der Waals surface area (Å²) in [4.78, 5) is 5.33. The molecule has 2 aromatic carbocycles. The van der Waals surface area contributed by atoms with Crippen molar-refractivity contribution >= 4 is 20.9 Å². The molecule has 0 unspecified atom stereocenters. The van der Waals surface area contributed by atoms with Gasteiger partial charge in [-0.3, -0.25) is 4.68 Å². The van der Waals surface area contributed by atoms with Gasteiger partial charge in [-0.15, -0.1) is 0 Å². The third kappa shape index (κ3) is 3.22. The van der Waals surface area contributed by atoms with E-state index in [0.717, 1.165) is 36.8 Å². The van der Waals surface area contributed by atoms with Crippen LogP contribution in [-0.2, 0) is 10.0 Å². The van der Waals surface area contributed by atoms with Crippen LogP contribution in [0.2, 0.25) is 0 Å². The molecule has 1 aliphatic heterocycles. The number of rotatable bonds is 4. The zero-order chi connectivity index (χ0) is 18.1. The average Bonchev–Trinajstić information content (AvgIpc) is 3.01.